The molecule has 0 amide bonds. The maximum atomic E-state index is 5.47. The second-order valence-electron chi connectivity index (χ2n) is 6.05. The van der Waals surface area contributed by atoms with Crippen molar-refractivity contribution in [1.29, 1.82) is 0 Å². The van der Waals surface area contributed by atoms with Gasteiger partial charge in [0.2, 0.25) is 0 Å². The number of benzene rings is 1. The first kappa shape index (κ1) is 18.1. The van der Waals surface area contributed by atoms with E-state index in [0.29, 0.717) is 0 Å². The first-order chi connectivity index (χ1) is 11.7. The van der Waals surface area contributed by atoms with Crippen molar-refractivity contribution < 1.29 is 4.74 Å². The van der Waals surface area contributed by atoms with Gasteiger partial charge in [-0.05, 0) is 67.9 Å². The summed E-state index contributed by atoms with van der Waals surface area (Å²) in [5.74, 6) is 0. The highest BCUT2D eigenvalue weighted by molar-refractivity contribution is 9.10. The zero-order valence-electron chi connectivity index (χ0n) is 14.3. The summed E-state index contributed by atoms with van der Waals surface area (Å²) in [7, 11) is 2.18. The Hall–Kier alpha value is -0.750. The average molecular weight is 409 g/mol. The molecule has 0 bridgehead atoms. The summed E-state index contributed by atoms with van der Waals surface area (Å²) < 4.78 is 8.94. The Balaban J connectivity index is 1.88. The molecule has 1 aliphatic carbocycles. The lowest BCUT2D eigenvalue weighted by atomic mass is 9.92. The summed E-state index contributed by atoms with van der Waals surface area (Å²) in [4.78, 5) is 1.32. The van der Waals surface area contributed by atoms with E-state index < -0.39 is 0 Å². The van der Waals surface area contributed by atoms with Gasteiger partial charge >= 0.3 is 0 Å². The standard InChI is InChI=1S/C19H25BrN2OS/c1-3-23-12-6-11-21-19-15-7-4-5-8-17(15)22(2)24-18-13-14(20)9-10-16(18)19/h4,7,9-10,13,19,21H,3,5-6,8,11-12H2,1-2H3. The SMILES string of the molecule is CCOCCCNC1C2=C(CCC=C2)N(C)Sc2cc(Br)ccc21. The molecule has 1 heterocycles. The Kier molecular flexibility index (Phi) is 6.44. The maximum absolute atomic E-state index is 5.47. The van der Waals surface area contributed by atoms with Crippen LogP contribution in [0, 0.1) is 0 Å². The molecule has 3 rings (SSSR count). The molecule has 0 saturated heterocycles. The molecular weight excluding hydrogens is 384 g/mol. The number of halogens is 1. The summed E-state index contributed by atoms with van der Waals surface area (Å²) in [6.07, 6.45) is 7.89. The van der Waals surface area contributed by atoms with E-state index in [-0.39, 0.29) is 6.04 Å². The Bertz CT molecular complexity index is 644. The monoisotopic (exact) mass is 408 g/mol. The molecule has 1 aromatic rings. The highest BCUT2D eigenvalue weighted by atomic mass is 79.9. The normalized spacial score (nSPS) is 20.0. The van der Waals surface area contributed by atoms with E-state index in [1.807, 2.05) is 18.9 Å². The van der Waals surface area contributed by atoms with Crippen LogP contribution in [0.25, 0.3) is 0 Å². The minimum Gasteiger partial charge on any atom is -0.382 e. The molecule has 1 atom stereocenters. The van der Waals surface area contributed by atoms with Gasteiger partial charge < -0.3 is 14.4 Å². The van der Waals surface area contributed by atoms with E-state index in [2.05, 4.69) is 63.0 Å². The Morgan fingerprint density at radius 3 is 3.12 bits per heavy atom. The molecule has 1 aromatic carbocycles. The summed E-state index contributed by atoms with van der Waals surface area (Å²) in [6.45, 7) is 4.61. The van der Waals surface area contributed by atoms with Crippen LogP contribution in [0.1, 0.15) is 37.8 Å². The van der Waals surface area contributed by atoms with Gasteiger partial charge in [-0.2, -0.15) is 0 Å². The summed E-state index contributed by atoms with van der Waals surface area (Å²) in [6, 6.07) is 6.87. The molecule has 1 aliphatic heterocycles. The van der Waals surface area contributed by atoms with Crippen molar-refractivity contribution in [2.24, 2.45) is 0 Å². The molecule has 0 aromatic heterocycles. The number of nitrogens with zero attached hydrogens (tertiary/aromatic N) is 1. The predicted molar refractivity (Wildman–Crippen MR) is 105 cm³/mol. The quantitative estimate of drug-likeness (QED) is 0.524. The van der Waals surface area contributed by atoms with Gasteiger partial charge in [0.25, 0.3) is 0 Å². The van der Waals surface area contributed by atoms with Crippen LogP contribution in [-0.2, 0) is 4.74 Å². The lowest BCUT2D eigenvalue weighted by Crippen LogP contribution is -2.26. The number of nitrogens with one attached hydrogen (secondary N) is 1. The van der Waals surface area contributed by atoms with Crippen LogP contribution in [-0.4, -0.2) is 31.1 Å². The lowest BCUT2D eigenvalue weighted by molar-refractivity contribution is 0.144. The van der Waals surface area contributed by atoms with E-state index in [0.717, 1.165) is 43.5 Å². The van der Waals surface area contributed by atoms with Crippen molar-refractivity contribution in [3.05, 3.63) is 51.7 Å². The van der Waals surface area contributed by atoms with Crippen LogP contribution >= 0.6 is 27.9 Å². The molecule has 130 valence electrons. The summed E-state index contributed by atoms with van der Waals surface area (Å²) >= 11 is 5.45. The first-order valence-corrected chi connectivity index (χ1v) is 10.2. The number of hydrogen-bond donors (Lipinski definition) is 1. The van der Waals surface area contributed by atoms with Crippen molar-refractivity contribution in [3.63, 3.8) is 0 Å². The largest absolute Gasteiger partial charge is 0.382 e. The molecule has 0 spiro atoms. The van der Waals surface area contributed by atoms with Crippen LogP contribution < -0.4 is 5.32 Å². The van der Waals surface area contributed by atoms with Gasteiger partial charge in [0.05, 0.1) is 6.04 Å². The van der Waals surface area contributed by atoms with Crippen LogP contribution in [0.4, 0.5) is 0 Å². The number of hydrogen-bond acceptors (Lipinski definition) is 4. The Morgan fingerprint density at radius 1 is 1.42 bits per heavy atom. The zero-order chi connectivity index (χ0) is 16.9. The third kappa shape index (κ3) is 4.07. The van der Waals surface area contributed by atoms with Crippen molar-refractivity contribution in [3.8, 4) is 0 Å². The molecule has 5 heteroatoms. The molecule has 1 N–H and O–H groups in total. The van der Waals surface area contributed by atoms with Crippen LogP contribution in [0.15, 0.2) is 51.0 Å². The van der Waals surface area contributed by atoms with E-state index in [9.17, 15) is 0 Å². The van der Waals surface area contributed by atoms with Crippen LogP contribution in [0.3, 0.4) is 0 Å². The minimum atomic E-state index is 0.249. The number of fused-ring (bicyclic) bond motifs is 1. The van der Waals surface area contributed by atoms with Crippen molar-refractivity contribution in [1.82, 2.24) is 9.62 Å². The summed E-state index contributed by atoms with van der Waals surface area (Å²) in [5, 5.41) is 3.77. The minimum absolute atomic E-state index is 0.249. The van der Waals surface area contributed by atoms with Gasteiger partial charge in [0.15, 0.2) is 0 Å². The topological polar surface area (TPSA) is 24.5 Å². The van der Waals surface area contributed by atoms with Gasteiger partial charge in [-0.15, -0.1) is 0 Å². The Morgan fingerprint density at radius 2 is 2.29 bits per heavy atom. The molecular formula is C19H25BrN2OS. The van der Waals surface area contributed by atoms with Gasteiger partial charge in [-0.25, -0.2) is 0 Å². The first-order valence-electron chi connectivity index (χ1n) is 8.62. The van der Waals surface area contributed by atoms with Crippen LogP contribution in [0.2, 0.25) is 0 Å². The highest BCUT2D eigenvalue weighted by Crippen LogP contribution is 2.44. The second-order valence-corrected chi connectivity index (χ2v) is 8.14. The molecule has 2 aliphatic rings. The fraction of sp³-hybridized carbons (Fsp3) is 0.474. The van der Waals surface area contributed by atoms with Crippen molar-refractivity contribution in [2.75, 3.05) is 26.8 Å². The lowest BCUT2D eigenvalue weighted by Gasteiger charge is -2.26. The molecule has 24 heavy (non-hydrogen) atoms. The van der Waals surface area contributed by atoms with Gasteiger partial charge in [0, 0.05) is 35.3 Å². The van der Waals surface area contributed by atoms with E-state index in [4.69, 9.17) is 4.74 Å². The van der Waals surface area contributed by atoms with Gasteiger partial charge in [-0.1, -0.05) is 34.1 Å². The Labute approximate surface area is 157 Å². The molecule has 1 unspecified atom stereocenters. The van der Waals surface area contributed by atoms with E-state index in [1.54, 1.807) is 0 Å². The van der Waals surface area contributed by atoms with E-state index >= 15 is 0 Å². The predicted octanol–water partition coefficient (Wildman–Crippen LogP) is 5.06. The highest BCUT2D eigenvalue weighted by Gasteiger charge is 2.28. The third-order valence-corrected chi connectivity index (χ3v) is 5.95. The van der Waals surface area contributed by atoms with Crippen LogP contribution in [0.5, 0.6) is 0 Å². The van der Waals surface area contributed by atoms with Crippen molar-refractivity contribution >= 4 is 27.9 Å². The molecule has 3 nitrogen and oxygen atoms in total. The third-order valence-electron chi connectivity index (χ3n) is 4.41. The maximum Gasteiger partial charge on any atom is 0.0605 e. The average Bonchev–Trinajstić information content (AvgIpc) is 2.69. The number of rotatable bonds is 6. The fourth-order valence-corrected chi connectivity index (χ4v) is 4.84. The number of allylic oxidation sites excluding steroid dienone is 2. The zero-order valence-corrected chi connectivity index (χ0v) is 16.8. The van der Waals surface area contributed by atoms with Crippen molar-refractivity contribution in [2.45, 2.75) is 37.1 Å². The fourth-order valence-electron chi connectivity index (χ4n) is 3.25. The summed E-state index contributed by atoms with van der Waals surface area (Å²) in [5.41, 5.74) is 4.22. The van der Waals surface area contributed by atoms with Gasteiger partial charge in [-0.3, -0.25) is 0 Å². The van der Waals surface area contributed by atoms with E-state index in [1.165, 1.54) is 21.7 Å². The second kappa shape index (κ2) is 8.56. The molecule has 0 saturated carbocycles. The molecule has 0 radical (unpaired) electrons. The smallest absolute Gasteiger partial charge is 0.0605 e. The number of ether oxygens (including phenoxy) is 1. The van der Waals surface area contributed by atoms with Gasteiger partial charge in [0.1, 0.15) is 0 Å². The molecule has 0 fully saturated rings.